The first-order valence-corrected chi connectivity index (χ1v) is 7.85. The lowest BCUT2D eigenvalue weighted by molar-refractivity contribution is 0.473. The molecule has 20 heavy (non-hydrogen) atoms. The molecule has 110 valence electrons. The minimum atomic E-state index is -4.54. The number of primary sulfonamides is 1. The maximum Gasteiger partial charge on any atom is 0.295 e. The van der Waals surface area contributed by atoms with E-state index in [4.69, 9.17) is 9.69 Å². The fourth-order valence-electron chi connectivity index (χ4n) is 1.72. The minimum Gasteiger partial charge on any atom is -0.507 e. The van der Waals surface area contributed by atoms with E-state index in [2.05, 4.69) is 0 Å². The van der Waals surface area contributed by atoms with E-state index in [1.165, 1.54) is 12.1 Å². The summed E-state index contributed by atoms with van der Waals surface area (Å²) in [6.45, 7) is 0. The van der Waals surface area contributed by atoms with Gasteiger partial charge in [-0.3, -0.25) is 4.55 Å². The number of fused-ring (bicyclic) bond motifs is 1. The molecular formula is C10H11NO7S2. The predicted octanol–water partition coefficient (Wildman–Crippen LogP) is -0.385. The van der Waals surface area contributed by atoms with Gasteiger partial charge in [-0.05, 0) is 17.5 Å². The Kier molecular flexibility index (Phi) is 4.08. The van der Waals surface area contributed by atoms with Crippen LogP contribution in [0.5, 0.6) is 5.75 Å². The van der Waals surface area contributed by atoms with Gasteiger partial charge in [0.2, 0.25) is 10.0 Å². The van der Waals surface area contributed by atoms with Crippen LogP contribution >= 0.6 is 0 Å². The van der Waals surface area contributed by atoms with Gasteiger partial charge >= 0.3 is 0 Å². The Hall–Kier alpha value is -1.72. The van der Waals surface area contributed by atoms with E-state index in [1.54, 1.807) is 0 Å². The number of nitrogens with two attached hydrogens (primary N) is 1. The summed E-state index contributed by atoms with van der Waals surface area (Å²) in [6, 6.07) is 5.72. The number of sulfonamides is 1. The molecule has 0 aliphatic carbocycles. The van der Waals surface area contributed by atoms with Crippen molar-refractivity contribution in [3.05, 3.63) is 30.3 Å². The van der Waals surface area contributed by atoms with Gasteiger partial charge in [0.15, 0.2) is 0 Å². The van der Waals surface area contributed by atoms with Crippen LogP contribution in [-0.2, 0) is 20.1 Å². The molecule has 0 unspecified atom stereocenters. The van der Waals surface area contributed by atoms with Gasteiger partial charge in [-0.2, -0.15) is 8.42 Å². The van der Waals surface area contributed by atoms with Crippen LogP contribution in [-0.4, -0.2) is 32.0 Å². The van der Waals surface area contributed by atoms with Crippen LogP contribution < -0.4 is 5.14 Å². The lowest BCUT2D eigenvalue weighted by atomic mass is 10.1. The second kappa shape index (κ2) is 5.00. The monoisotopic (exact) mass is 321 g/mol. The second-order valence-corrected chi connectivity index (χ2v) is 6.77. The zero-order chi connectivity index (χ0) is 14.4. The highest BCUT2D eigenvalue weighted by molar-refractivity contribution is 7.89. The van der Waals surface area contributed by atoms with Gasteiger partial charge in [-0.25, -0.2) is 13.6 Å². The summed E-state index contributed by atoms with van der Waals surface area (Å²) in [7, 11) is -8.58. The highest BCUT2D eigenvalue weighted by atomic mass is 32.2. The van der Waals surface area contributed by atoms with Crippen molar-refractivity contribution in [2.45, 2.75) is 9.79 Å². The third-order valence-corrected chi connectivity index (χ3v) is 4.29. The molecule has 0 amide bonds. The van der Waals surface area contributed by atoms with Crippen molar-refractivity contribution >= 4 is 30.9 Å². The van der Waals surface area contributed by atoms with E-state index in [9.17, 15) is 21.9 Å². The summed E-state index contributed by atoms with van der Waals surface area (Å²) in [5, 5.41) is 14.7. The van der Waals surface area contributed by atoms with Crippen LogP contribution in [0.2, 0.25) is 0 Å². The van der Waals surface area contributed by atoms with Gasteiger partial charge in [0.05, 0.1) is 4.90 Å². The third kappa shape index (κ3) is 2.89. The summed E-state index contributed by atoms with van der Waals surface area (Å²) in [6.07, 6.45) is 0. The normalized spacial score (nSPS) is 12.1. The smallest absolute Gasteiger partial charge is 0.295 e. The van der Waals surface area contributed by atoms with Crippen molar-refractivity contribution in [2.75, 3.05) is 0 Å². The Labute approximate surface area is 114 Å². The molecule has 0 saturated carbocycles. The Morgan fingerprint density at radius 3 is 2.15 bits per heavy atom. The molecule has 8 nitrogen and oxygen atoms in total. The number of benzene rings is 2. The molecule has 0 aliphatic rings. The molecule has 2 aromatic rings. The first kappa shape index (κ1) is 16.3. The van der Waals surface area contributed by atoms with Gasteiger partial charge in [-0.15, -0.1) is 0 Å². The molecular weight excluding hydrogens is 310 g/mol. The topological polar surface area (TPSA) is 166 Å². The van der Waals surface area contributed by atoms with E-state index < -0.39 is 30.8 Å². The fourth-order valence-corrected chi connectivity index (χ4v) is 3.02. The lowest BCUT2D eigenvalue weighted by Crippen LogP contribution is -2.12. The summed E-state index contributed by atoms with van der Waals surface area (Å²) in [5.41, 5.74) is 0. The number of aromatic hydroxyl groups is 1. The van der Waals surface area contributed by atoms with Gasteiger partial charge in [0.25, 0.3) is 10.1 Å². The Morgan fingerprint density at radius 1 is 1.05 bits per heavy atom. The largest absolute Gasteiger partial charge is 0.507 e. The average molecular weight is 321 g/mol. The summed E-state index contributed by atoms with van der Waals surface area (Å²) < 4.78 is 53.8. The average Bonchev–Trinajstić information content (AvgIpc) is 2.25. The SMILES string of the molecule is NS(=O)(=O)c1cc(O)c2c(S(=O)(=O)O)cccc2c1.O. The highest BCUT2D eigenvalue weighted by Gasteiger charge is 2.19. The van der Waals surface area contributed by atoms with E-state index in [0.29, 0.717) is 0 Å². The standard InChI is InChI=1S/C10H9NO6S2.H2O/c11-18(13,14)7-4-6-2-1-3-9(19(15,16)17)10(6)8(12)5-7;/h1-5,12H,(H2,11,13,14)(H,15,16,17);1H2. The van der Waals surface area contributed by atoms with Crippen LogP contribution in [0, 0.1) is 0 Å². The van der Waals surface area contributed by atoms with Gasteiger partial charge in [-0.1, -0.05) is 12.1 Å². The van der Waals surface area contributed by atoms with Crippen LogP contribution in [0.4, 0.5) is 0 Å². The lowest BCUT2D eigenvalue weighted by Gasteiger charge is -2.08. The van der Waals surface area contributed by atoms with Crippen LogP contribution in [0.1, 0.15) is 0 Å². The quantitative estimate of drug-likeness (QED) is 0.637. The van der Waals surface area contributed by atoms with Crippen molar-refractivity contribution in [1.29, 1.82) is 0 Å². The minimum absolute atomic E-state index is 0. The molecule has 0 spiro atoms. The molecule has 0 atom stereocenters. The molecule has 0 saturated heterocycles. The van der Waals surface area contributed by atoms with Crippen molar-refractivity contribution < 1.29 is 32.0 Å². The summed E-state index contributed by atoms with van der Waals surface area (Å²) in [4.78, 5) is -0.867. The Balaban J connectivity index is 0.00000200. The van der Waals surface area contributed by atoms with Gasteiger partial charge < -0.3 is 10.6 Å². The predicted molar refractivity (Wildman–Crippen MR) is 70.4 cm³/mol. The van der Waals surface area contributed by atoms with Gasteiger partial charge in [0.1, 0.15) is 10.6 Å². The van der Waals surface area contributed by atoms with E-state index in [-0.39, 0.29) is 21.1 Å². The maximum atomic E-state index is 11.2. The van der Waals surface area contributed by atoms with Crippen molar-refractivity contribution in [1.82, 2.24) is 0 Å². The zero-order valence-electron chi connectivity index (χ0n) is 9.81. The van der Waals surface area contributed by atoms with Crippen LogP contribution in [0.25, 0.3) is 10.8 Å². The van der Waals surface area contributed by atoms with E-state index in [1.807, 2.05) is 0 Å². The number of phenolic OH excluding ortho intramolecular Hbond substituents is 1. The van der Waals surface area contributed by atoms with Crippen molar-refractivity contribution in [3.63, 3.8) is 0 Å². The molecule has 0 heterocycles. The first-order valence-electron chi connectivity index (χ1n) is 4.87. The summed E-state index contributed by atoms with van der Waals surface area (Å²) in [5.74, 6) is -0.602. The second-order valence-electron chi connectivity index (χ2n) is 3.82. The zero-order valence-corrected chi connectivity index (χ0v) is 11.4. The molecule has 2 aromatic carbocycles. The summed E-state index contributed by atoms with van der Waals surface area (Å²) >= 11 is 0. The molecule has 0 aliphatic heterocycles. The molecule has 10 heteroatoms. The third-order valence-electron chi connectivity index (χ3n) is 2.50. The van der Waals surface area contributed by atoms with Crippen molar-refractivity contribution in [2.24, 2.45) is 5.14 Å². The molecule has 2 rings (SSSR count). The molecule has 0 fully saturated rings. The fraction of sp³-hybridized carbons (Fsp3) is 0. The highest BCUT2D eigenvalue weighted by Crippen LogP contribution is 2.33. The molecule has 0 radical (unpaired) electrons. The molecule has 0 bridgehead atoms. The molecule has 0 aromatic heterocycles. The number of hydrogen-bond donors (Lipinski definition) is 3. The number of hydrogen-bond acceptors (Lipinski definition) is 5. The Bertz CT molecular complexity index is 872. The van der Waals surface area contributed by atoms with Gasteiger partial charge in [0, 0.05) is 11.5 Å². The van der Waals surface area contributed by atoms with E-state index in [0.717, 1.165) is 18.2 Å². The Morgan fingerprint density at radius 2 is 1.65 bits per heavy atom. The number of rotatable bonds is 2. The van der Waals surface area contributed by atoms with Crippen LogP contribution in [0.3, 0.4) is 0 Å². The first-order chi connectivity index (χ1) is 8.60. The van der Waals surface area contributed by atoms with Crippen LogP contribution in [0.15, 0.2) is 40.1 Å². The van der Waals surface area contributed by atoms with Crippen molar-refractivity contribution in [3.8, 4) is 5.75 Å². The maximum absolute atomic E-state index is 11.2. The van der Waals surface area contributed by atoms with E-state index >= 15 is 0 Å². The number of phenols is 1. The molecule has 6 N–H and O–H groups in total.